The number of halogens is 2. The molecule has 2 heterocycles. The van der Waals surface area contributed by atoms with Gasteiger partial charge in [-0.1, -0.05) is 29.8 Å². The first kappa shape index (κ1) is 20.5. The Labute approximate surface area is 188 Å². The summed E-state index contributed by atoms with van der Waals surface area (Å²) >= 11 is 6.34. The third kappa shape index (κ3) is 3.04. The molecule has 32 heavy (non-hydrogen) atoms. The summed E-state index contributed by atoms with van der Waals surface area (Å²) in [4.78, 5) is 28.7. The van der Waals surface area contributed by atoms with Crippen LogP contribution in [-0.4, -0.2) is 5.91 Å². The normalized spacial score (nSPS) is 15.5. The summed E-state index contributed by atoms with van der Waals surface area (Å²) in [6.07, 6.45) is 0. The van der Waals surface area contributed by atoms with E-state index >= 15 is 0 Å². The van der Waals surface area contributed by atoms with Gasteiger partial charge in [-0.3, -0.25) is 14.5 Å². The van der Waals surface area contributed by atoms with Gasteiger partial charge in [0.25, 0.3) is 5.91 Å². The van der Waals surface area contributed by atoms with Gasteiger partial charge in [-0.05, 0) is 79.4 Å². The van der Waals surface area contributed by atoms with Gasteiger partial charge in [-0.15, -0.1) is 0 Å². The van der Waals surface area contributed by atoms with Gasteiger partial charge in [0.1, 0.15) is 11.4 Å². The lowest BCUT2D eigenvalue weighted by atomic mass is 9.97. The second-order valence-electron chi connectivity index (χ2n) is 8.17. The smallest absolute Gasteiger partial charge is 0.295 e. The lowest BCUT2D eigenvalue weighted by Gasteiger charge is -2.25. The van der Waals surface area contributed by atoms with Gasteiger partial charge in [-0.2, -0.15) is 0 Å². The standard InChI is InChI=1S/C26H19ClFNO3/c1-13-4-9-18(12-20(13)27)29-23(16-5-7-17(28)8-6-16)22-24(30)19-10-14(2)15(3)11-21(19)32-25(22)26(29)31/h4-12,23H,1-3H3. The summed E-state index contributed by atoms with van der Waals surface area (Å²) in [7, 11) is 0. The maximum atomic E-state index is 13.7. The Hall–Kier alpha value is -3.44. The van der Waals surface area contributed by atoms with Crippen molar-refractivity contribution < 1.29 is 13.6 Å². The lowest BCUT2D eigenvalue weighted by Crippen LogP contribution is -2.29. The van der Waals surface area contributed by atoms with Crippen LogP contribution in [-0.2, 0) is 0 Å². The summed E-state index contributed by atoms with van der Waals surface area (Å²) in [5, 5.41) is 0.912. The highest BCUT2D eigenvalue weighted by Crippen LogP contribution is 2.42. The van der Waals surface area contributed by atoms with Crippen molar-refractivity contribution in [1.82, 2.24) is 0 Å². The van der Waals surface area contributed by atoms with Gasteiger partial charge >= 0.3 is 0 Å². The Morgan fingerprint density at radius 3 is 2.28 bits per heavy atom. The van der Waals surface area contributed by atoms with E-state index in [1.165, 1.54) is 17.0 Å². The van der Waals surface area contributed by atoms with E-state index in [0.29, 0.717) is 27.2 Å². The highest BCUT2D eigenvalue weighted by atomic mass is 35.5. The number of amides is 1. The summed E-state index contributed by atoms with van der Waals surface area (Å²) in [5.74, 6) is -0.844. The number of fused-ring (bicyclic) bond motifs is 2. The minimum Gasteiger partial charge on any atom is -0.450 e. The number of rotatable bonds is 2. The zero-order valence-corrected chi connectivity index (χ0v) is 18.5. The Bertz CT molecular complexity index is 1470. The van der Waals surface area contributed by atoms with E-state index in [2.05, 4.69) is 0 Å². The minimum atomic E-state index is -0.765. The fourth-order valence-corrected chi connectivity index (χ4v) is 4.36. The molecule has 0 radical (unpaired) electrons. The van der Waals surface area contributed by atoms with Crippen LogP contribution in [0.3, 0.4) is 0 Å². The molecule has 160 valence electrons. The van der Waals surface area contributed by atoms with Crippen molar-refractivity contribution in [2.45, 2.75) is 26.8 Å². The molecule has 5 rings (SSSR count). The number of hydrogen-bond donors (Lipinski definition) is 0. The molecule has 1 unspecified atom stereocenters. The molecule has 3 aromatic carbocycles. The molecule has 1 amide bonds. The first-order valence-electron chi connectivity index (χ1n) is 10.2. The molecule has 6 heteroatoms. The van der Waals surface area contributed by atoms with Crippen LogP contribution in [0.2, 0.25) is 5.02 Å². The summed E-state index contributed by atoms with van der Waals surface area (Å²) in [5.41, 5.74) is 4.25. The number of anilines is 1. The first-order chi connectivity index (χ1) is 15.3. The number of carbonyl (C=O) groups is 1. The molecule has 0 aliphatic carbocycles. The van der Waals surface area contributed by atoms with Crippen LogP contribution in [0.1, 0.15) is 44.4 Å². The Balaban J connectivity index is 1.82. The third-order valence-corrected chi connectivity index (χ3v) is 6.51. The fourth-order valence-electron chi connectivity index (χ4n) is 4.19. The molecule has 0 saturated carbocycles. The number of aryl methyl sites for hydroxylation is 3. The van der Waals surface area contributed by atoms with Gasteiger partial charge in [0.05, 0.1) is 17.0 Å². The van der Waals surface area contributed by atoms with Crippen LogP contribution in [0.15, 0.2) is 63.8 Å². The molecular formula is C26H19ClFNO3. The van der Waals surface area contributed by atoms with Crippen molar-refractivity contribution in [3.63, 3.8) is 0 Å². The molecular weight excluding hydrogens is 429 g/mol. The molecule has 4 aromatic rings. The number of nitrogens with zero attached hydrogens (tertiary/aromatic N) is 1. The third-order valence-electron chi connectivity index (χ3n) is 6.11. The molecule has 0 bridgehead atoms. The van der Waals surface area contributed by atoms with Crippen LogP contribution < -0.4 is 10.3 Å². The Kier molecular flexibility index (Phi) is 4.68. The van der Waals surface area contributed by atoms with E-state index in [9.17, 15) is 14.0 Å². The largest absolute Gasteiger partial charge is 0.450 e. The quantitative estimate of drug-likeness (QED) is 0.364. The summed E-state index contributed by atoms with van der Waals surface area (Å²) < 4.78 is 19.7. The van der Waals surface area contributed by atoms with E-state index in [-0.39, 0.29) is 16.8 Å². The van der Waals surface area contributed by atoms with Gasteiger partial charge in [0.15, 0.2) is 5.43 Å². The van der Waals surface area contributed by atoms with Crippen molar-refractivity contribution in [2.75, 3.05) is 4.90 Å². The van der Waals surface area contributed by atoms with Crippen LogP contribution in [0.5, 0.6) is 0 Å². The SMILES string of the molecule is Cc1cc2oc3c(c(=O)c2cc1C)C(c1ccc(F)cc1)N(c1ccc(C)c(Cl)c1)C3=O. The topological polar surface area (TPSA) is 50.5 Å². The monoisotopic (exact) mass is 447 g/mol. The van der Waals surface area contributed by atoms with Crippen molar-refractivity contribution in [1.29, 1.82) is 0 Å². The molecule has 0 fully saturated rings. The molecule has 0 N–H and O–H groups in total. The van der Waals surface area contributed by atoms with Crippen molar-refractivity contribution in [3.8, 4) is 0 Å². The first-order valence-corrected chi connectivity index (χ1v) is 10.6. The van der Waals surface area contributed by atoms with Crippen LogP contribution >= 0.6 is 11.6 Å². The van der Waals surface area contributed by atoms with Gasteiger partial charge in [0, 0.05) is 10.7 Å². The molecule has 1 aliphatic rings. The van der Waals surface area contributed by atoms with E-state index in [4.69, 9.17) is 16.0 Å². The van der Waals surface area contributed by atoms with Crippen LogP contribution in [0.4, 0.5) is 10.1 Å². The summed E-state index contributed by atoms with van der Waals surface area (Å²) in [6, 6.07) is 13.9. The maximum Gasteiger partial charge on any atom is 0.295 e. The number of benzene rings is 3. The minimum absolute atomic E-state index is 0.00299. The molecule has 0 saturated heterocycles. The van der Waals surface area contributed by atoms with E-state index in [1.54, 1.807) is 36.4 Å². The van der Waals surface area contributed by atoms with E-state index < -0.39 is 17.8 Å². The van der Waals surface area contributed by atoms with Crippen LogP contribution in [0.25, 0.3) is 11.0 Å². The zero-order valence-electron chi connectivity index (χ0n) is 17.7. The predicted octanol–water partition coefficient (Wildman–Crippen LogP) is 6.26. The average Bonchev–Trinajstić information content (AvgIpc) is 3.05. The molecule has 1 aromatic heterocycles. The maximum absolute atomic E-state index is 13.7. The van der Waals surface area contributed by atoms with Gasteiger partial charge < -0.3 is 4.42 Å². The Morgan fingerprint density at radius 1 is 0.906 bits per heavy atom. The molecule has 4 nitrogen and oxygen atoms in total. The van der Waals surface area contributed by atoms with Gasteiger partial charge in [0.2, 0.25) is 5.76 Å². The van der Waals surface area contributed by atoms with E-state index in [1.807, 2.05) is 26.8 Å². The summed E-state index contributed by atoms with van der Waals surface area (Å²) in [6.45, 7) is 5.71. The number of carbonyl (C=O) groups excluding carboxylic acids is 1. The van der Waals surface area contributed by atoms with Crippen molar-refractivity contribution >= 4 is 34.2 Å². The highest BCUT2D eigenvalue weighted by Gasteiger charge is 2.43. The number of hydrogen-bond acceptors (Lipinski definition) is 3. The fraction of sp³-hybridized carbons (Fsp3) is 0.154. The Morgan fingerprint density at radius 2 is 1.59 bits per heavy atom. The molecule has 1 aliphatic heterocycles. The van der Waals surface area contributed by atoms with Gasteiger partial charge in [-0.25, -0.2) is 4.39 Å². The molecule has 1 atom stereocenters. The highest BCUT2D eigenvalue weighted by molar-refractivity contribution is 6.31. The second kappa shape index (κ2) is 7.31. The van der Waals surface area contributed by atoms with Crippen LogP contribution in [0, 0.1) is 26.6 Å². The zero-order chi connectivity index (χ0) is 22.7. The van der Waals surface area contributed by atoms with Crippen molar-refractivity contribution in [3.05, 3.63) is 109 Å². The lowest BCUT2D eigenvalue weighted by molar-refractivity contribution is 0.0971. The second-order valence-corrected chi connectivity index (χ2v) is 8.58. The average molecular weight is 448 g/mol. The molecule has 0 spiro atoms. The van der Waals surface area contributed by atoms with E-state index in [0.717, 1.165) is 16.7 Å². The predicted molar refractivity (Wildman–Crippen MR) is 123 cm³/mol. The van der Waals surface area contributed by atoms with Crippen molar-refractivity contribution in [2.24, 2.45) is 0 Å².